The molecule has 0 saturated heterocycles. The van der Waals surface area contributed by atoms with Crippen molar-refractivity contribution in [3.8, 4) is 0 Å². The van der Waals surface area contributed by atoms with Gasteiger partial charge < -0.3 is 4.74 Å². The molecule has 1 atom stereocenters. The van der Waals surface area contributed by atoms with Gasteiger partial charge in [-0.05, 0) is 0 Å². The molecule has 0 aliphatic rings. The van der Waals surface area contributed by atoms with Crippen LogP contribution < -0.4 is 0 Å². The van der Waals surface area contributed by atoms with Crippen molar-refractivity contribution in [2.75, 3.05) is 6.61 Å². The zero-order chi connectivity index (χ0) is 10.5. The second-order valence-electron chi connectivity index (χ2n) is 2.25. The van der Waals surface area contributed by atoms with Crippen LogP contribution in [0.5, 0.6) is 0 Å². The maximum Gasteiger partial charge on any atom is 0.330 e. The van der Waals surface area contributed by atoms with Crippen molar-refractivity contribution in [2.45, 2.75) is 15.6 Å². The molecule has 0 bridgehead atoms. The lowest BCUT2D eigenvalue weighted by Crippen LogP contribution is -2.18. The quantitative estimate of drug-likeness (QED) is 0.444. The van der Waals surface area contributed by atoms with Crippen molar-refractivity contribution >= 4 is 52.4 Å². The third-order valence-electron chi connectivity index (χ3n) is 1.03. The zero-order valence-corrected chi connectivity index (χ0v) is 9.63. The highest BCUT2D eigenvalue weighted by Crippen LogP contribution is 2.32. The highest BCUT2D eigenvalue weighted by Gasteiger charge is 2.24. The molecular weight excluding hydrogens is 258 g/mol. The Bertz CT molecular complexity index is 187. The maximum atomic E-state index is 10.6. The molecule has 0 rings (SSSR count). The van der Waals surface area contributed by atoms with E-state index in [4.69, 9.17) is 46.4 Å². The summed E-state index contributed by atoms with van der Waals surface area (Å²) in [5.74, 6) is -0.546. The first-order valence-corrected chi connectivity index (χ1v) is 4.92. The topological polar surface area (TPSA) is 26.3 Å². The van der Waals surface area contributed by atoms with Gasteiger partial charge in [0.25, 0.3) is 0 Å². The Balaban J connectivity index is 3.69. The Morgan fingerprint density at radius 3 is 2.46 bits per heavy atom. The van der Waals surface area contributed by atoms with Crippen molar-refractivity contribution < 1.29 is 9.53 Å². The van der Waals surface area contributed by atoms with Crippen LogP contribution in [0.2, 0.25) is 0 Å². The van der Waals surface area contributed by atoms with Gasteiger partial charge in [0.05, 0.1) is 5.38 Å². The molecule has 2 nitrogen and oxygen atoms in total. The number of esters is 1. The number of hydrogen-bond donors (Lipinski definition) is 0. The van der Waals surface area contributed by atoms with Crippen molar-refractivity contribution in [1.29, 1.82) is 0 Å². The summed E-state index contributed by atoms with van der Waals surface area (Å²) in [5.41, 5.74) is 0. The first kappa shape index (κ1) is 13.4. The lowest BCUT2D eigenvalue weighted by Gasteiger charge is -2.14. The Kier molecular flexibility index (Phi) is 6.14. The largest absolute Gasteiger partial charge is 0.461 e. The van der Waals surface area contributed by atoms with E-state index >= 15 is 0 Å². The molecule has 1 unspecified atom stereocenters. The first-order valence-electron chi connectivity index (χ1n) is 3.35. The van der Waals surface area contributed by atoms with E-state index in [9.17, 15) is 4.79 Å². The Labute approximate surface area is 96.7 Å². The Morgan fingerprint density at radius 2 is 2.08 bits per heavy atom. The third kappa shape index (κ3) is 8.69. The minimum atomic E-state index is -1.42. The van der Waals surface area contributed by atoms with Gasteiger partial charge in [-0.3, -0.25) is 0 Å². The van der Waals surface area contributed by atoms with E-state index in [-0.39, 0.29) is 13.0 Å². The molecule has 0 aromatic carbocycles. The van der Waals surface area contributed by atoms with E-state index in [1.54, 1.807) is 0 Å². The molecule has 0 aliphatic carbocycles. The van der Waals surface area contributed by atoms with Crippen molar-refractivity contribution in [2.24, 2.45) is 0 Å². The second-order valence-corrected chi connectivity index (χ2v) is 5.38. The number of carbonyl (C=O) groups excluding carboxylic acids is 1. The molecule has 0 aliphatic heterocycles. The third-order valence-corrected chi connectivity index (χ3v) is 1.77. The van der Waals surface area contributed by atoms with E-state index < -0.39 is 15.1 Å². The predicted molar refractivity (Wildman–Crippen MR) is 55.7 cm³/mol. The lowest BCUT2D eigenvalue weighted by molar-refractivity contribution is -0.137. The molecule has 0 fully saturated rings. The van der Waals surface area contributed by atoms with Gasteiger partial charge in [-0.25, -0.2) is 4.79 Å². The van der Waals surface area contributed by atoms with Gasteiger partial charge in [0.2, 0.25) is 0 Å². The van der Waals surface area contributed by atoms with Gasteiger partial charge in [-0.2, -0.15) is 0 Å². The van der Waals surface area contributed by atoms with E-state index in [2.05, 4.69) is 11.3 Å². The molecule has 13 heavy (non-hydrogen) atoms. The second kappa shape index (κ2) is 5.97. The highest BCUT2D eigenvalue weighted by molar-refractivity contribution is 6.67. The van der Waals surface area contributed by atoms with Crippen molar-refractivity contribution in [1.82, 2.24) is 0 Å². The number of rotatable bonds is 4. The van der Waals surface area contributed by atoms with Crippen LogP contribution in [0.1, 0.15) is 6.42 Å². The summed E-state index contributed by atoms with van der Waals surface area (Å²) in [7, 11) is 0. The number of halogens is 4. The van der Waals surface area contributed by atoms with E-state index in [0.717, 1.165) is 6.08 Å². The monoisotopic (exact) mass is 264 g/mol. The smallest absolute Gasteiger partial charge is 0.330 e. The fourth-order valence-corrected chi connectivity index (χ4v) is 1.63. The van der Waals surface area contributed by atoms with Gasteiger partial charge in [-0.15, -0.1) is 11.6 Å². The predicted octanol–water partition coefficient (Wildman–Crippen LogP) is 3.08. The summed E-state index contributed by atoms with van der Waals surface area (Å²) in [6.07, 6.45) is 1.16. The molecule has 6 heteroatoms. The minimum Gasteiger partial charge on any atom is -0.461 e. The minimum absolute atomic E-state index is 0.000316. The summed E-state index contributed by atoms with van der Waals surface area (Å²) in [6, 6.07) is 0. The molecule has 0 N–H and O–H groups in total. The zero-order valence-electron chi connectivity index (χ0n) is 6.60. The molecule has 76 valence electrons. The number of ether oxygens (including phenoxy) is 1. The number of carbonyl (C=O) groups is 1. The van der Waals surface area contributed by atoms with Crippen LogP contribution in [0, 0.1) is 0 Å². The van der Waals surface area contributed by atoms with Gasteiger partial charge in [-0.1, -0.05) is 41.4 Å². The molecule has 0 heterocycles. The molecular formula is C7H8Cl4O2. The van der Waals surface area contributed by atoms with Gasteiger partial charge in [0, 0.05) is 12.5 Å². The molecule has 0 radical (unpaired) electrons. The highest BCUT2D eigenvalue weighted by atomic mass is 35.6. The molecule has 0 aromatic heterocycles. The SMILES string of the molecule is C=CC(=O)OCC(Cl)CC(Cl)(Cl)Cl. The summed E-state index contributed by atoms with van der Waals surface area (Å²) in [6.45, 7) is 3.22. The van der Waals surface area contributed by atoms with E-state index in [0.29, 0.717) is 0 Å². The van der Waals surface area contributed by atoms with E-state index in [1.165, 1.54) is 0 Å². The van der Waals surface area contributed by atoms with Crippen LogP contribution in [-0.4, -0.2) is 21.7 Å². The van der Waals surface area contributed by atoms with Crippen LogP contribution in [0.15, 0.2) is 12.7 Å². The maximum absolute atomic E-state index is 10.6. The van der Waals surface area contributed by atoms with Gasteiger partial charge in [0.15, 0.2) is 3.79 Å². The lowest BCUT2D eigenvalue weighted by atomic mass is 10.3. The molecule has 0 amide bonds. The average molecular weight is 266 g/mol. The average Bonchev–Trinajstić information content (AvgIpc) is 1.97. The Hall–Kier alpha value is 0.370. The van der Waals surface area contributed by atoms with Gasteiger partial charge in [0.1, 0.15) is 6.61 Å². The van der Waals surface area contributed by atoms with Crippen LogP contribution in [-0.2, 0) is 9.53 Å². The number of alkyl halides is 4. The Morgan fingerprint density at radius 1 is 1.54 bits per heavy atom. The van der Waals surface area contributed by atoms with E-state index in [1.807, 2.05) is 0 Å². The van der Waals surface area contributed by atoms with Crippen LogP contribution in [0.4, 0.5) is 0 Å². The fraction of sp³-hybridized carbons (Fsp3) is 0.571. The molecule has 0 spiro atoms. The molecule has 0 aromatic rings. The molecule has 0 saturated carbocycles. The van der Waals surface area contributed by atoms with Crippen LogP contribution in [0.3, 0.4) is 0 Å². The summed E-state index contributed by atoms with van der Waals surface area (Å²) >= 11 is 22.1. The summed E-state index contributed by atoms with van der Waals surface area (Å²) in [5, 5.41) is -0.517. The number of hydrogen-bond acceptors (Lipinski definition) is 2. The fourth-order valence-electron chi connectivity index (χ4n) is 0.542. The standard InChI is InChI=1S/C7H8Cl4O2/c1-2-6(12)13-4-5(8)3-7(9,10)11/h2,5H,1,3-4H2. The van der Waals surface area contributed by atoms with Crippen molar-refractivity contribution in [3.63, 3.8) is 0 Å². The van der Waals surface area contributed by atoms with Gasteiger partial charge >= 0.3 is 5.97 Å². The van der Waals surface area contributed by atoms with Crippen LogP contribution in [0.25, 0.3) is 0 Å². The first-order chi connectivity index (χ1) is 5.85. The van der Waals surface area contributed by atoms with Crippen LogP contribution >= 0.6 is 46.4 Å². The summed E-state index contributed by atoms with van der Waals surface area (Å²) < 4.78 is 3.21. The summed E-state index contributed by atoms with van der Waals surface area (Å²) in [4.78, 5) is 10.6. The van der Waals surface area contributed by atoms with Crippen molar-refractivity contribution in [3.05, 3.63) is 12.7 Å². The normalized spacial score (nSPS) is 13.5.